The van der Waals surface area contributed by atoms with Crippen molar-refractivity contribution in [3.63, 3.8) is 0 Å². The van der Waals surface area contributed by atoms with Crippen LogP contribution in [-0.4, -0.2) is 26.7 Å². The van der Waals surface area contributed by atoms with Gasteiger partial charge in [0.25, 0.3) is 0 Å². The molecule has 1 aromatic rings. The van der Waals surface area contributed by atoms with Crippen LogP contribution < -0.4 is 10.5 Å². The van der Waals surface area contributed by atoms with Crippen LogP contribution in [0.25, 0.3) is 0 Å². The number of benzene rings is 1. The van der Waals surface area contributed by atoms with Crippen molar-refractivity contribution in [2.75, 3.05) is 18.9 Å². The first-order valence-corrected chi connectivity index (χ1v) is 8.71. The number of hydrogen-bond acceptors (Lipinski definition) is 4. The van der Waals surface area contributed by atoms with Crippen LogP contribution >= 0.6 is 27.5 Å². The molecule has 0 radical (unpaired) electrons. The summed E-state index contributed by atoms with van der Waals surface area (Å²) in [6, 6.07) is 0.999. The second-order valence-electron chi connectivity index (χ2n) is 5.36. The number of halogens is 3. The zero-order chi connectivity index (χ0) is 16.4. The van der Waals surface area contributed by atoms with E-state index in [2.05, 4.69) is 20.7 Å². The summed E-state index contributed by atoms with van der Waals surface area (Å²) < 4.78 is 40.8. The molecule has 0 atom stereocenters. The largest absolute Gasteiger partial charge is 0.396 e. The molecule has 0 fully saturated rings. The predicted molar refractivity (Wildman–Crippen MR) is 84.2 cm³/mol. The van der Waals surface area contributed by atoms with Gasteiger partial charge in [0.1, 0.15) is 4.90 Å². The summed E-state index contributed by atoms with van der Waals surface area (Å²) in [5.74, 6) is -1.06. The molecule has 0 unspecified atom stereocenters. The van der Waals surface area contributed by atoms with Gasteiger partial charge in [-0.2, -0.15) is 0 Å². The van der Waals surface area contributed by atoms with Crippen LogP contribution in [0.2, 0.25) is 5.02 Å². The highest BCUT2D eigenvalue weighted by atomic mass is 79.9. The Balaban J connectivity index is 3.10. The zero-order valence-electron chi connectivity index (χ0n) is 11.6. The van der Waals surface area contributed by atoms with Crippen molar-refractivity contribution in [2.24, 2.45) is 5.41 Å². The fraction of sp³-hybridized carbons (Fsp3) is 0.500. The van der Waals surface area contributed by atoms with E-state index in [1.54, 1.807) is 13.8 Å². The van der Waals surface area contributed by atoms with E-state index in [0.717, 1.165) is 6.07 Å². The summed E-state index contributed by atoms with van der Waals surface area (Å²) in [5.41, 5.74) is 4.65. The van der Waals surface area contributed by atoms with Gasteiger partial charge in [0.2, 0.25) is 10.0 Å². The first-order chi connectivity index (χ1) is 9.52. The summed E-state index contributed by atoms with van der Waals surface area (Å²) in [5, 5.41) is 8.92. The van der Waals surface area contributed by atoms with Crippen molar-refractivity contribution in [1.29, 1.82) is 0 Å². The lowest BCUT2D eigenvalue weighted by atomic mass is 9.90. The molecule has 0 saturated carbocycles. The highest BCUT2D eigenvalue weighted by Gasteiger charge is 2.26. The summed E-state index contributed by atoms with van der Waals surface area (Å²) in [6.45, 7) is 3.54. The lowest BCUT2D eigenvalue weighted by Crippen LogP contribution is -2.35. The van der Waals surface area contributed by atoms with Gasteiger partial charge in [0.15, 0.2) is 5.82 Å². The van der Waals surface area contributed by atoms with E-state index in [0.29, 0.717) is 6.42 Å². The Morgan fingerprint density at radius 3 is 2.62 bits per heavy atom. The fourth-order valence-electron chi connectivity index (χ4n) is 1.55. The minimum absolute atomic E-state index is 0.00360. The molecule has 0 aromatic heterocycles. The molecule has 0 saturated heterocycles. The van der Waals surface area contributed by atoms with Crippen molar-refractivity contribution in [3.05, 3.63) is 21.4 Å². The second-order valence-corrected chi connectivity index (χ2v) is 8.30. The third-order valence-corrected chi connectivity index (χ3v) is 5.76. The number of sulfonamides is 1. The lowest BCUT2D eigenvalue weighted by Gasteiger charge is -2.24. The van der Waals surface area contributed by atoms with Gasteiger partial charge in [-0.15, -0.1) is 0 Å². The third kappa shape index (κ3) is 4.53. The molecule has 0 bridgehead atoms. The number of aliphatic hydroxyl groups is 1. The van der Waals surface area contributed by atoms with Crippen molar-refractivity contribution in [2.45, 2.75) is 25.2 Å². The maximum Gasteiger partial charge on any atom is 0.243 e. The average Bonchev–Trinajstić information content (AvgIpc) is 2.38. The molecule has 0 heterocycles. The van der Waals surface area contributed by atoms with Gasteiger partial charge in [0, 0.05) is 13.2 Å². The molecule has 0 spiro atoms. The van der Waals surface area contributed by atoms with Crippen molar-refractivity contribution >= 4 is 43.2 Å². The SMILES string of the molecule is CC(C)(CCO)CNS(=O)(=O)c1cc(Cl)c(Br)c(N)c1F. The Bertz CT molecular complexity index is 638. The molecule has 120 valence electrons. The summed E-state index contributed by atoms with van der Waals surface area (Å²) in [4.78, 5) is -0.604. The van der Waals surface area contributed by atoms with Gasteiger partial charge in [-0.05, 0) is 33.8 Å². The quantitative estimate of drug-likeness (QED) is 0.502. The van der Waals surface area contributed by atoms with Crippen LogP contribution in [0.15, 0.2) is 15.4 Å². The highest BCUT2D eigenvalue weighted by Crippen LogP contribution is 2.34. The Morgan fingerprint density at radius 2 is 2.10 bits per heavy atom. The third-order valence-electron chi connectivity index (χ3n) is 2.98. The first-order valence-electron chi connectivity index (χ1n) is 6.05. The maximum atomic E-state index is 14.0. The topological polar surface area (TPSA) is 92.4 Å². The molecule has 1 rings (SSSR count). The van der Waals surface area contributed by atoms with Crippen LogP contribution in [0.1, 0.15) is 20.3 Å². The predicted octanol–water partition coefficient (Wildman–Crippen LogP) is 2.51. The molecule has 9 heteroatoms. The van der Waals surface area contributed by atoms with E-state index in [4.69, 9.17) is 22.4 Å². The van der Waals surface area contributed by atoms with Crippen molar-refractivity contribution < 1.29 is 17.9 Å². The van der Waals surface area contributed by atoms with Crippen LogP contribution in [-0.2, 0) is 10.0 Å². The number of nitrogens with one attached hydrogen (secondary N) is 1. The van der Waals surface area contributed by atoms with E-state index in [1.165, 1.54) is 0 Å². The highest BCUT2D eigenvalue weighted by molar-refractivity contribution is 9.10. The molecule has 21 heavy (non-hydrogen) atoms. The van der Waals surface area contributed by atoms with Crippen molar-refractivity contribution in [1.82, 2.24) is 4.72 Å². The standard InChI is InChI=1S/C12H17BrClFN2O3S/c1-12(2,3-4-18)6-17-21(19,20)8-5-7(14)9(13)11(16)10(8)15/h5,17-18H,3-4,6,16H2,1-2H3. The van der Waals surface area contributed by atoms with Gasteiger partial charge < -0.3 is 10.8 Å². The number of rotatable bonds is 6. The minimum Gasteiger partial charge on any atom is -0.396 e. The maximum absolute atomic E-state index is 14.0. The molecule has 0 aliphatic carbocycles. The van der Waals surface area contributed by atoms with Crippen LogP contribution in [0.4, 0.5) is 10.1 Å². The Labute approximate surface area is 136 Å². The van der Waals surface area contributed by atoms with Gasteiger partial charge in [-0.1, -0.05) is 25.4 Å². The van der Waals surface area contributed by atoms with Gasteiger partial charge in [0.05, 0.1) is 15.2 Å². The number of aliphatic hydroxyl groups excluding tert-OH is 1. The first kappa shape index (κ1) is 18.6. The van der Waals surface area contributed by atoms with Gasteiger partial charge in [-0.25, -0.2) is 17.5 Å². The number of anilines is 1. The minimum atomic E-state index is -4.10. The Morgan fingerprint density at radius 1 is 1.52 bits per heavy atom. The van der Waals surface area contributed by atoms with E-state index in [1.807, 2.05) is 0 Å². The normalized spacial score (nSPS) is 12.7. The van der Waals surface area contributed by atoms with E-state index in [9.17, 15) is 12.8 Å². The molecule has 4 N–H and O–H groups in total. The van der Waals surface area contributed by atoms with Crippen LogP contribution in [0, 0.1) is 11.2 Å². The van der Waals surface area contributed by atoms with Crippen molar-refractivity contribution in [3.8, 4) is 0 Å². The molecule has 0 aliphatic heterocycles. The molecular formula is C12H17BrClFN2O3S. The van der Waals surface area contributed by atoms with E-state index in [-0.39, 0.29) is 28.3 Å². The molecular weight excluding hydrogens is 387 g/mol. The average molecular weight is 404 g/mol. The Kier molecular flexibility index (Phi) is 6.02. The summed E-state index contributed by atoms with van der Waals surface area (Å²) >= 11 is 8.80. The summed E-state index contributed by atoms with van der Waals surface area (Å²) in [7, 11) is -4.10. The number of nitrogens with two attached hydrogens (primary N) is 1. The monoisotopic (exact) mass is 402 g/mol. The smallest absolute Gasteiger partial charge is 0.243 e. The molecule has 1 aromatic carbocycles. The van der Waals surface area contributed by atoms with Crippen LogP contribution in [0.5, 0.6) is 0 Å². The lowest BCUT2D eigenvalue weighted by molar-refractivity contribution is 0.213. The Hall–Kier alpha value is -0.410. The van der Waals surface area contributed by atoms with E-state index >= 15 is 0 Å². The van der Waals surface area contributed by atoms with E-state index < -0.39 is 26.2 Å². The number of hydrogen-bond donors (Lipinski definition) is 3. The van der Waals surface area contributed by atoms with Gasteiger partial charge in [-0.3, -0.25) is 0 Å². The fourth-order valence-corrected chi connectivity index (χ4v) is 3.47. The van der Waals surface area contributed by atoms with Crippen LogP contribution in [0.3, 0.4) is 0 Å². The second kappa shape index (κ2) is 6.78. The summed E-state index contributed by atoms with van der Waals surface area (Å²) in [6.07, 6.45) is 0.404. The number of nitrogen functional groups attached to an aromatic ring is 1. The van der Waals surface area contributed by atoms with Gasteiger partial charge >= 0.3 is 0 Å². The molecule has 0 aliphatic rings. The molecule has 0 amide bonds. The zero-order valence-corrected chi connectivity index (χ0v) is 14.7. The molecule has 5 nitrogen and oxygen atoms in total.